The molecular weight excluding hydrogens is 570 g/mol. The van der Waals surface area contributed by atoms with Gasteiger partial charge >= 0.3 is 5.97 Å². The van der Waals surface area contributed by atoms with E-state index in [9.17, 15) is 13.2 Å². The molecule has 204 valence electrons. The van der Waals surface area contributed by atoms with Gasteiger partial charge in [0.2, 0.25) is 0 Å². The summed E-state index contributed by atoms with van der Waals surface area (Å²) in [6, 6.07) is 14.1. The second-order valence-electron chi connectivity index (χ2n) is 9.82. The van der Waals surface area contributed by atoms with Crippen LogP contribution in [-0.4, -0.2) is 56.8 Å². The number of sulfone groups is 1. The first kappa shape index (κ1) is 28.6. The number of ether oxygens (including phenoxy) is 1. The van der Waals surface area contributed by atoms with E-state index in [4.69, 9.17) is 10.6 Å². The van der Waals surface area contributed by atoms with E-state index in [1.54, 1.807) is 12.1 Å². The van der Waals surface area contributed by atoms with Gasteiger partial charge in [0.05, 0.1) is 4.90 Å². The molecule has 0 saturated carbocycles. The lowest BCUT2D eigenvalue weighted by atomic mass is 9.95. The van der Waals surface area contributed by atoms with Crippen LogP contribution in [0.1, 0.15) is 37.7 Å². The molecular formula is C28H34BrN3O5S. The van der Waals surface area contributed by atoms with Gasteiger partial charge in [-0.3, -0.25) is 4.90 Å². The molecule has 38 heavy (non-hydrogen) atoms. The van der Waals surface area contributed by atoms with E-state index >= 15 is 0 Å². The van der Waals surface area contributed by atoms with Gasteiger partial charge in [0.15, 0.2) is 14.6 Å². The molecule has 2 aromatic rings. The predicted molar refractivity (Wildman–Crippen MR) is 149 cm³/mol. The van der Waals surface area contributed by atoms with Gasteiger partial charge in [-0.1, -0.05) is 39.9 Å². The first-order chi connectivity index (χ1) is 18.3. The third-order valence-corrected chi connectivity index (χ3v) is 10.4. The summed E-state index contributed by atoms with van der Waals surface area (Å²) in [4.78, 5) is 19.5. The Morgan fingerprint density at radius 3 is 2.34 bits per heavy atom. The number of rotatable bonds is 8. The first-order valence-electron chi connectivity index (χ1n) is 12.9. The molecule has 2 fully saturated rings. The Labute approximate surface area is 233 Å². The second kappa shape index (κ2) is 13.1. The van der Waals surface area contributed by atoms with Crippen molar-refractivity contribution in [2.75, 3.05) is 32.8 Å². The van der Waals surface area contributed by atoms with E-state index < -0.39 is 20.6 Å². The van der Waals surface area contributed by atoms with Gasteiger partial charge in [-0.2, -0.15) is 5.90 Å². The van der Waals surface area contributed by atoms with Crippen LogP contribution in [0.5, 0.6) is 5.75 Å². The van der Waals surface area contributed by atoms with Gasteiger partial charge in [-0.25, -0.2) is 13.2 Å². The molecule has 0 bridgehead atoms. The molecule has 2 aliphatic rings. The van der Waals surface area contributed by atoms with Crippen molar-refractivity contribution in [3.05, 3.63) is 58.6 Å². The van der Waals surface area contributed by atoms with Crippen LogP contribution in [0.3, 0.4) is 0 Å². The van der Waals surface area contributed by atoms with Crippen molar-refractivity contribution >= 4 is 31.7 Å². The quantitative estimate of drug-likeness (QED) is 0.349. The number of carbonyl (C=O) groups excluding carboxylic acids is 1. The summed E-state index contributed by atoms with van der Waals surface area (Å²) in [5, 5.41) is 3.35. The Hall–Kier alpha value is -2.42. The van der Waals surface area contributed by atoms with Crippen LogP contribution in [0, 0.1) is 17.8 Å². The maximum Gasteiger partial charge on any atom is 0.346 e. The lowest BCUT2D eigenvalue weighted by Crippen LogP contribution is -2.55. The van der Waals surface area contributed by atoms with Gasteiger partial charge in [0, 0.05) is 30.5 Å². The zero-order valence-corrected chi connectivity index (χ0v) is 23.7. The van der Waals surface area contributed by atoms with Crippen LogP contribution in [0.25, 0.3) is 0 Å². The highest BCUT2D eigenvalue weighted by molar-refractivity contribution is 9.10. The normalized spacial score (nSPS) is 18.3. The second-order valence-corrected chi connectivity index (χ2v) is 13.0. The first-order valence-corrected chi connectivity index (χ1v) is 15.1. The fourth-order valence-electron chi connectivity index (χ4n) is 5.02. The summed E-state index contributed by atoms with van der Waals surface area (Å²) in [6.07, 6.45) is 3.34. The number of likely N-dealkylation sites (tertiary alicyclic amines) is 1. The highest BCUT2D eigenvalue weighted by Gasteiger charge is 2.54. The van der Waals surface area contributed by atoms with Crippen molar-refractivity contribution in [2.45, 2.75) is 48.3 Å². The zero-order valence-electron chi connectivity index (χ0n) is 21.3. The van der Waals surface area contributed by atoms with Gasteiger partial charge in [-0.05, 0) is 86.7 Å². The minimum atomic E-state index is -4.07. The van der Waals surface area contributed by atoms with Gasteiger partial charge in [-0.15, -0.1) is 0 Å². The molecule has 0 radical (unpaired) electrons. The molecule has 2 aliphatic heterocycles. The number of piperidine rings is 2. The van der Waals surface area contributed by atoms with Crippen LogP contribution in [-0.2, 0) is 26.0 Å². The van der Waals surface area contributed by atoms with Crippen molar-refractivity contribution in [3.8, 4) is 17.6 Å². The van der Waals surface area contributed by atoms with Crippen LogP contribution in [0.4, 0.5) is 0 Å². The Bertz CT molecular complexity index is 1240. The zero-order chi connectivity index (χ0) is 27.0. The third-order valence-electron chi connectivity index (χ3n) is 7.40. The number of hydrogen-bond donors (Lipinski definition) is 2. The van der Waals surface area contributed by atoms with Crippen LogP contribution < -0.4 is 16.0 Å². The predicted octanol–water partition coefficient (Wildman–Crippen LogP) is 3.45. The maximum absolute atomic E-state index is 13.7. The Kier molecular flexibility index (Phi) is 9.85. The minimum Gasteiger partial charge on any atom is -0.481 e. The van der Waals surface area contributed by atoms with Crippen LogP contribution in [0.2, 0.25) is 0 Å². The van der Waals surface area contributed by atoms with E-state index in [-0.39, 0.29) is 24.3 Å². The molecule has 2 heterocycles. The van der Waals surface area contributed by atoms with E-state index in [2.05, 4.69) is 42.8 Å². The molecule has 4 rings (SSSR count). The summed E-state index contributed by atoms with van der Waals surface area (Å²) in [5.41, 5.74) is 1.11. The molecule has 2 aromatic carbocycles. The third kappa shape index (κ3) is 6.77. The Balaban J connectivity index is 1.38. The number of nitrogens with two attached hydrogens (primary N) is 1. The SMILES string of the molecule is NOC(=O)C1(S(=O)(=O)c2ccc(OCC#CCC3CCNCC3)cc2)CCN(Cc2ccc(Br)cc2)CC1. The smallest absolute Gasteiger partial charge is 0.346 e. The molecule has 0 unspecified atom stereocenters. The molecule has 0 aromatic heterocycles. The highest BCUT2D eigenvalue weighted by Crippen LogP contribution is 2.37. The van der Waals surface area contributed by atoms with Gasteiger partial charge in [0.1, 0.15) is 12.4 Å². The van der Waals surface area contributed by atoms with Gasteiger partial charge < -0.3 is 14.9 Å². The van der Waals surface area contributed by atoms with Gasteiger partial charge in [0.25, 0.3) is 0 Å². The van der Waals surface area contributed by atoms with E-state index in [0.717, 1.165) is 42.4 Å². The molecule has 0 atom stereocenters. The summed E-state index contributed by atoms with van der Waals surface area (Å²) < 4.78 is 32.4. The molecule has 2 saturated heterocycles. The topological polar surface area (TPSA) is 111 Å². The molecule has 10 heteroatoms. The summed E-state index contributed by atoms with van der Waals surface area (Å²) in [6.45, 7) is 3.82. The number of nitrogens with zero attached hydrogens (tertiary/aromatic N) is 1. The van der Waals surface area contributed by atoms with Crippen molar-refractivity contribution in [2.24, 2.45) is 11.8 Å². The lowest BCUT2D eigenvalue weighted by molar-refractivity contribution is -0.148. The minimum absolute atomic E-state index is 0.0357. The monoisotopic (exact) mass is 603 g/mol. The number of carbonyl (C=O) groups is 1. The fraction of sp³-hybridized carbons (Fsp3) is 0.464. The van der Waals surface area contributed by atoms with E-state index in [1.807, 2.05) is 24.3 Å². The number of benzene rings is 2. The van der Waals surface area contributed by atoms with Crippen molar-refractivity contribution in [3.63, 3.8) is 0 Å². The molecule has 8 nitrogen and oxygen atoms in total. The van der Waals surface area contributed by atoms with Crippen molar-refractivity contribution < 1.29 is 22.8 Å². The highest BCUT2D eigenvalue weighted by atomic mass is 79.9. The van der Waals surface area contributed by atoms with Crippen LogP contribution >= 0.6 is 15.9 Å². The molecule has 3 N–H and O–H groups in total. The van der Waals surface area contributed by atoms with Crippen molar-refractivity contribution in [1.82, 2.24) is 10.2 Å². The largest absolute Gasteiger partial charge is 0.481 e. The lowest BCUT2D eigenvalue weighted by Gasteiger charge is -2.38. The average Bonchev–Trinajstić information content (AvgIpc) is 2.95. The molecule has 0 aliphatic carbocycles. The summed E-state index contributed by atoms with van der Waals surface area (Å²) in [7, 11) is -4.07. The Morgan fingerprint density at radius 2 is 1.71 bits per heavy atom. The average molecular weight is 605 g/mol. The van der Waals surface area contributed by atoms with E-state index in [1.165, 1.54) is 12.1 Å². The Morgan fingerprint density at radius 1 is 1.05 bits per heavy atom. The van der Waals surface area contributed by atoms with E-state index in [0.29, 0.717) is 31.3 Å². The molecule has 0 amide bonds. The number of nitrogens with one attached hydrogen (secondary N) is 1. The number of halogens is 1. The standard InChI is InChI=1S/C28H34BrN3O5S/c29-24-6-4-23(5-7-24)21-32-18-14-28(15-19-32,27(33)37-30)38(34,35)26-10-8-25(9-11-26)36-20-2-1-3-22-12-16-31-17-13-22/h4-11,22,31H,3,12-21,30H2. The fourth-order valence-corrected chi connectivity index (χ4v) is 7.22. The number of hydrogen-bond acceptors (Lipinski definition) is 8. The summed E-state index contributed by atoms with van der Waals surface area (Å²) in [5.74, 6) is 11.7. The van der Waals surface area contributed by atoms with Crippen molar-refractivity contribution in [1.29, 1.82) is 0 Å². The van der Waals surface area contributed by atoms with Crippen LogP contribution in [0.15, 0.2) is 57.9 Å². The molecule has 0 spiro atoms. The summed E-state index contributed by atoms with van der Waals surface area (Å²) >= 11 is 3.43. The maximum atomic E-state index is 13.7.